The highest BCUT2D eigenvalue weighted by Gasteiger charge is 2.04. The predicted octanol–water partition coefficient (Wildman–Crippen LogP) is -0.0741. The van der Waals surface area contributed by atoms with Crippen molar-refractivity contribution in [3.63, 3.8) is 0 Å². The van der Waals surface area contributed by atoms with Gasteiger partial charge in [-0.15, -0.1) is 0 Å². The summed E-state index contributed by atoms with van der Waals surface area (Å²) in [6.45, 7) is 0. The third-order valence-electron chi connectivity index (χ3n) is 1.38. The number of hydrogen-bond acceptors (Lipinski definition) is 2. The molecule has 64 valence electrons. The first kappa shape index (κ1) is 8.32. The van der Waals surface area contributed by atoms with Gasteiger partial charge < -0.3 is 15.8 Å². The molecule has 0 aromatic carbocycles. The van der Waals surface area contributed by atoms with Crippen LogP contribution >= 0.6 is 0 Å². The highest BCUT2D eigenvalue weighted by atomic mass is 16.4. The van der Waals surface area contributed by atoms with Gasteiger partial charge in [0.2, 0.25) is 0 Å². The monoisotopic (exact) mass is 167 g/mol. The van der Waals surface area contributed by atoms with Crippen LogP contribution in [0.15, 0.2) is 12.1 Å². The number of aliphatic carboxylic acids is 1. The van der Waals surface area contributed by atoms with Crippen LogP contribution < -0.4 is 5.73 Å². The molecule has 0 saturated carbocycles. The molecular formula is C7H9N3O2. The van der Waals surface area contributed by atoms with Crippen molar-refractivity contribution in [1.82, 2.24) is 4.98 Å². The van der Waals surface area contributed by atoms with Gasteiger partial charge in [0.1, 0.15) is 5.84 Å². The maximum Gasteiger partial charge on any atom is 0.309 e. The van der Waals surface area contributed by atoms with Crippen LogP contribution in [0.25, 0.3) is 0 Å². The number of carboxylic acids is 1. The Morgan fingerprint density at radius 3 is 2.75 bits per heavy atom. The maximum atomic E-state index is 10.2. The summed E-state index contributed by atoms with van der Waals surface area (Å²) < 4.78 is 0. The lowest BCUT2D eigenvalue weighted by Crippen LogP contribution is -2.11. The average molecular weight is 167 g/mol. The van der Waals surface area contributed by atoms with Crippen LogP contribution in [-0.2, 0) is 11.2 Å². The second-order valence-electron chi connectivity index (χ2n) is 2.38. The first-order valence-electron chi connectivity index (χ1n) is 3.33. The van der Waals surface area contributed by atoms with Crippen molar-refractivity contribution in [3.8, 4) is 0 Å². The number of H-pyrrole nitrogens is 1. The van der Waals surface area contributed by atoms with E-state index >= 15 is 0 Å². The van der Waals surface area contributed by atoms with Crippen LogP contribution in [0.4, 0.5) is 0 Å². The van der Waals surface area contributed by atoms with Crippen molar-refractivity contribution in [2.45, 2.75) is 6.42 Å². The molecule has 5 nitrogen and oxygen atoms in total. The van der Waals surface area contributed by atoms with Gasteiger partial charge in [0.05, 0.1) is 12.1 Å². The quantitative estimate of drug-likeness (QED) is 0.374. The lowest BCUT2D eigenvalue weighted by Gasteiger charge is -1.92. The fourth-order valence-corrected chi connectivity index (χ4v) is 0.863. The summed E-state index contributed by atoms with van der Waals surface area (Å²) in [6.07, 6.45) is -0.0761. The fourth-order valence-electron chi connectivity index (χ4n) is 0.863. The molecule has 0 radical (unpaired) electrons. The third-order valence-corrected chi connectivity index (χ3v) is 1.38. The zero-order chi connectivity index (χ0) is 9.14. The smallest absolute Gasteiger partial charge is 0.309 e. The number of aromatic amines is 1. The van der Waals surface area contributed by atoms with E-state index in [9.17, 15) is 4.79 Å². The molecule has 5 N–H and O–H groups in total. The Kier molecular flexibility index (Phi) is 2.14. The average Bonchev–Trinajstić information content (AvgIpc) is 2.34. The molecule has 5 heteroatoms. The predicted molar refractivity (Wildman–Crippen MR) is 43.1 cm³/mol. The number of aromatic nitrogens is 1. The number of nitrogen functional groups attached to an aromatic ring is 1. The number of nitrogens with one attached hydrogen (secondary N) is 2. The molecule has 0 aliphatic carbocycles. The summed E-state index contributed by atoms with van der Waals surface area (Å²) >= 11 is 0. The first-order chi connectivity index (χ1) is 5.59. The topological polar surface area (TPSA) is 103 Å². The fraction of sp³-hybridized carbons (Fsp3) is 0.143. The standard InChI is InChI=1S/C7H9N3O2/c8-7(9)5-2-1-4(10-5)3-6(11)12/h1-2,10H,3H2,(H3,8,9)(H,11,12). The molecule has 1 aromatic rings. The van der Waals surface area contributed by atoms with Crippen molar-refractivity contribution >= 4 is 11.8 Å². The molecule has 0 aliphatic heterocycles. The van der Waals surface area contributed by atoms with E-state index in [1.165, 1.54) is 0 Å². The van der Waals surface area contributed by atoms with Crippen molar-refractivity contribution in [2.75, 3.05) is 0 Å². The Labute approximate surface area is 68.7 Å². The van der Waals surface area contributed by atoms with Crippen molar-refractivity contribution in [1.29, 1.82) is 5.41 Å². The molecule has 1 aromatic heterocycles. The van der Waals surface area contributed by atoms with E-state index in [4.69, 9.17) is 16.2 Å². The highest BCUT2D eigenvalue weighted by molar-refractivity contribution is 5.93. The van der Waals surface area contributed by atoms with Gasteiger partial charge in [-0.25, -0.2) is 0 Å². The van der Waals surface area contributed by atoms with E-state index in [1.807, 2.05) is 0 Å². The molecular weight excluding hydrogens is 158 g/mol. The number of carbonyl (C=O) groups is 1. The van der Waals surface area contributed by atoms with Crippen LogP contribution in [-0.4, -0.2) is 21.9 Å². The molecule has 0 aliphatic rings. The van der Waals surface area contributed by atoms with Crippen molar-refractivity contribution in [2.24, 2.45) is 5.73 Å². The number of nitrogens with two attached hydrogens (primary N) is 1. The van der Waals surface area contributed by atoms with E-state index in [2.05, 4.69) is 4.98 Å². The van der Waals surface area contributed by atoms with Gasteiger partial charge in [0.25, 0.3) is 0 Å². The zero-order valence-corrected chi connectivity index (χ0v) is 6.29. The largest absolute Gasteiger partial charge is 0.481 e. The Hall–Kier alpha value is -1.78. The number of carboxylic acid groups (broad SMARTS) is 1. The molecule has 0 fully saturated rings. The SMILES string of the molecule is N=C(N)c1ccc(CC(=O)O)[nH]1. The minimum absolute atomic E-state index is 0.0761. The highest BCUT2D eigenvalue weighted by Crippen LogP contribution is 2.01. The Morgan fingerprint density at radius 1 is 1.67 bits per heavy atom. The summed E-state index contributed by atoms with van der Waals surface area (Å²) in [7, 11) is 0. The molecule has 0 spiro atoms. The second-order valence-corrected chi connectivity index (χ2v) is 2.38. The normalized spacial score (nSPS) is 9.67. The van der Waals surface area contributed by atoms with Gasteiger partial charge in [-0.3, -0.25) is 10.2 Å². The second kappa shape index (κ2) is 3.08. The summed E-state index contributed by atoms with van der Waals surface area (Å²) in [6, 6.07) is 3.19. The summed E-state index contributed by atoms with van der Waals surface area (Å²) in [5.74, 6) is -1.00. The van der Waals surface area contributed by atoms with E-state index < -0.39 is 5.97 Å². The molecule has 0 atom stereocenters. The maximum absolute atomic E-state index is 10.2. The van der Waals surface area contributed by atoms with Crippen LogP contribution in [0, 0.1) is 5.41 Å². The molecule has 1 rings (SSSR count). The lowest BCUT2D eigenvalue weighted by atomic mass is 10.3. The zero-order valence-electron chi connectivity index (χ0n) is 6.29. The molecule has 12 heavy (non-hydrogen) atoms. The summed E-state index contributed by atoms with van der Waals surface area (Å²) in [4.78, 5) is 13.0. The molecule has 0 bridgehead atoms. The Bertz CT molecular complexity index is 316. The van der Waals surface area contributed by atoms with E-state index in [0.29, 0.717) is 11.4 Å². The molecule has 0 unspecified atom stereocenters. The van der Waals surface area contributed by atoms with E-state index in [-0.39, 0.29) is 12.3 Å². The first-order valence-corrected chi connectivity index (χ1v) is 3.33. The van der Waals surface area contributed by atoms with Gasteiger partial charge in [-0.05, 0) is 12.1 Å². The number of hydrogen-bond donors (Lipinski definition) is 4. The number of amidine groups is 1. The minimum Gasteiger partial charge on any atom is -0.481 e. The van der Waals surface area contributed by atoms with Crippen LogP contribution in [0.5, 0.6) is 0 Å². The van der Waals surface area contributed by atoms with Crippen molar-refractivity contribution < 1.29 is 9.90 Å². The summed E-state index contributed by atoms with van der Waals surface area (Å²) in [5.41, 5.74) is 6.16. The van der Waals surface area contributed by atoms with Gasteiger partial charge in [-0.2, -0.15) is 0 Å². The lowest BCUT2D eigenvalue weighted by molar-refractivity contribution is -0.136. The van der Waals surface area contributed by atoms with Crippen LogP contribution in [0.1, 0.15) is 11.4 Å². The Morgan fingerprint density at radius 2 is 2.33 bits per heavy atom. The van der Waals surface area contributed by atoms with Gasteiger partial charge in [-0.1, -0.05) is 0 Å². The molecule has 0 amide bonds. The summed E-state index contributed by atoms with van der Waals surface area (Å²) in [5, 5.41) is 15.4. The van der Waals surface area contributed by atoms with Crippen LogP contribution in [0.2, 0.25) is 0 Å². The Balaban J connectivity index is 2.77. The number of rotatable bonds is 3. The van der Waals surface area contributed by atoms with Crippen LogP contribution in [0.3, 0.4) is 0 Å². The molecule has 1 heterocycles. The van der Waals surface area contributed by atoms with Crippen molar-refractivity contribution in [3.05, 3.63) is 23.5 Å². The minimum atomic E-state index is -0.910. The van der Waals surface area contributed by atoms with Gasteiger partial charge in [0, 0.05) is 5.69 Å². The van der Waals surface area contributed by atoms with E-state index in [1.54, 1.807) is 12.1 Å². The van der Waals surface area contributed by atoms with Gasteiger partial charge >= 0.3 is 5.97 Å². The third kappa shape index (κ3) is 1.85. The van der Waals surface area contributed by atoms with Gasteiger partial charge in [0.15, 0.2) is 0 Å². The van der Waals surface area contributed by atoms with E-state index in [0.717, 1.165) is 0 Å². The molecule has 0 saturated heterocycles.